The first kappa shape index (κ1) is 12.1. The standard InChI is InChI=1S/C12H14ClN3OS/c1-7-4-9(2-3-17-7)16-11-10(15-12(16)18)5-8(13)6-14-11/h5-7,9H,2-4H2,1H3,(H,15,18). The lowest BCUT2D eigenvalue weighted by molar-refractivity contribution is 0.00638. The molecule has 3 heterocycles. The van der Waals surface area contributed by atoms with Gasteiger partial charge in [0.25, 0.3) is 0 Å². The highest BCUT2D eigenvalue weighted by atomic mass is 35.5. The van der Waals surface area contributed by atoms with Crippen LogP contribution in [0.3, 0.4) is 0 Å². The van der Waals surface area contributed by atoms with Crippen molar-refractivity contribution >= 4 is 35.0 Å². The van der Waals surface area contributed by atoms with Gasteiger partial charge >= 0.3 is 0 Å². The van der Waals surface area contributed by atoms with E-state index in [4.69, 9.17) is 28.6 Å². The van der Waals surface area contributed by atoms with Crippen molar-refractivity contribution in [3.8, 4) is 0 Å². The van der Waals surface area contributed by atoms with Crippen LogP contribution in [-0.2, 0) is 4.74 Å². The highest BCUT2D eigenvalue weighted by Gasteiger charge is 2.23. The Labute approximate surface area is 115 Å². The third-order valence-electron chi connectivity index (χ3n) is 3.34. The summed E-state index contributed by atoms with van der Waals surface area (Å²) in [6, 6.07) is 2.21. The van der Waals surface area contributed by atoms with Crippen LogP contribution in [0.15, 0.2) is 12.3 Å². The van der Waals surface area contributed by atoms with Crippen molar-refractivity contribution in [3.63, 3.8) is 0 Å². The van der Waals surface area contributed by atoms with E-state index < -0.39 is 0 Å². The van der Waals surface area contributed by atoms with Gasteiger partial charge in [-0.05, 0) is 38.0 Å². The van der Waals surface area contributed by atoms with Crippen LogP contribution in [-0.4, -0.2) is 27.2 Å². The van der Waals surface area contributed by atoms with Crippen LogP contribution in [0.25, 0.3) is 11.2 Å². The minimum absolute atomic E-state index is 0.267. The van der Waals surface area contributed by atoms with Crippen molar-refractivity contribution in [3.05, 3.63) is 22.1 Å². The molecule has 1 aliphatic heterocycles. The van der Waals surface area contributed by atoms with Gasteiger partial charge in [-0.25, -0.2) is 4.98 Å². The molecule has 0 saturated carbocycles. The third kappa shape index (κ3) is 2.06. The smallest absolute Gasteiger partial charge is 0.179 e. The predicted molar refractivity (Wildman–Crippen MR) is 73.6 cm³/mol. The molecule has 1 aliphatic rings. The Kier molecular flexibility index (Phi) is 3.13. The number of aromatic nitrogens is 3. The number of rotatable bonds is 1. The van der Waals surface area contributed by atoms with Crippen LogP contribution in [0.2, 0.25) is 5.02 Å². The Balaban J connectivity index is 2.10. The molecule has 0 bridgehead atoms. The molecule has 2 atom stereocenters. The number of H-pyrrole nitrogens is 1. The molecule has 18 heavy (non-hydrogen) atoms. The van der Waals surface area contributed by atoms with Gasteiger partial charge in [0, 0.05) is 18.8 Å². The van der Waals surface area contributed by atoms with Crippen LogP contribution in [0.5, 0.6) is 0 Å². The first-order valence-electron chi connectivity index (χ1n) is 6.02. The van der Waals surface area contributed by atoms with Crippen LogP contribution >= 0.6 is 23.8 Å². The lowest BCUT2D eigenvalue weighted by Gasteiger charge is -2.28. The largest absolute Gasteiger partial charge is 0.378 e. The monoisotopic (exact) mass is 283 g/mol. The minimum atomic E-state index is 0.267. The Morgan fingerprint density at radius 3 is 3.22 bits per heavy atom. The lowest BCUT2D eigenvalue weighted by atomic mass is 10.0. The normalized spacial score (nSPS) is 24.6. The molecule has 4 nitrogen and oxygen atoms in total. The molecule has 3 rings (SSSR count). The van der Waals surface area contributed by atoms with E-state index in [1.54, 1.807) is 6.20 Å². The fourth-order valence-corrected chi connectivity index (χ4v) is 3.04. The third-order valence-corrected chi connectivity index (χ3v) is 3.85. The second-order valence-electron chi connectivity index (χ2n) is 4.68. The zero-order chi connectivity index (χ0) is 12.7. The molecule has 0 radical (unpaired) electrons. The molecule has 1 saturated heterocycles. The zero-order valence-electron chi connectivity index (χ0n) is 10.0. The number of nitrogens with one attached hydrogen (secondary N) is 1. The number of hydrogen-bond acceptors (Lipinski definition) is 3. The van der Waals surface area contributed by atoms with Gasteiger partial charge < -0.3 is 9.72 Å². The zero-order valence-corrected chi connectivity index (χ0v) is 11.6. The Hall–Kier alpha value is -0.910. The van der Waals surface area contributed by atoms with Crippen LogP contribution < -0.4 is 0 Å². The summed E-state index contributed by atoms with van der Waals surface area (Å²) >= 11 is 11.3. The highest BCUT2D eigenvalue weighted by Crippen LogP contribution is 2.28. The average molecular weight is 284 g/mol. The van der Waals surface area contributed by atoms with E-state index in [9.17, 15) is 0 Å². The van der Waals surface area contributed by atoms with E-state index in [0.717, 1.165) is 30.6 Å². The number of nitrogens with zero attached hydrogens (tertiary/aromatic N) is 2. The van der Waals surface area contributed by atoms with Gasteiger partial charge in [0.1, 0.15) is 0 Å². The maximum absolute atomic E-state index is 5.94. The molecule has 2 aromatic rings. The quantitative estimate of drug-likeness (QED) is 0.815. The molecule has 6 heteroatoms. The van der Waals surface area contributed by atoms with E-state index in [1.807, 2.05) is 6.07 Å². The van der Waals surface area contributed by atoms with Crippen molar-refractivity contribution < 1.29 is 4.74 Å². The summed E-state index contributed by atoms with van der Waals surface area (Å²) in [5.41, 5.74) is 1.77. The molecule has 2 unspecified atom stereocenters. The Morgan fingerprint density at radius 1 is 1.61 bits per heavy atom. The molecular formula is C12H14ClN3OS. The van der Waals surface area contributed by atoms with Crippen molar-refractivity contribution in [2.45, 2.75) is 31.9 Å². The summed E-state index contributed by atoms with van der Waals surface area (Å²) < 4.78 is 8.38. The molecule has 2 aromatic heterocycles. The summed E-state index contributed by atoms with van der Waals surface area (Å²) in [6.45, 7) is 2.86. The number of ether oxygens (including phenoxy) is 1. The molecule has 1 N–H and O–H groups in total. The van der Waals surface area contributed by atoms with Crippen molar-refractivity contribution in [2.24, 2.45) is 0 Å². The predicted octanol–water partition coefficient (Wildman–Crippen LogP) is 3.49. The first-order valence-corrected chi connectivity index (χ1v) is 6.81. The van der Waals surface area contributed by atoms with Crippen molar-refractivity contribution in [1.29, 1.82) is 0 Å². The molecule has 0 aliphatic carbocycles. The van der Waals surface area contributed by atoms with E-state index in [-0.39, 0.29) is 6.10 Å². The first-order chi connectivity index (χ1) is 8.65. The summed E-state index contributed by atoms with van der Waals surface area (Å²) in [5.74, 6) is 0. The minimum Gasteiger partial charge on any atom is -0.378 e. The molecule has 0 aromatic carbocycles. The lowest BCUT2D eigenvalue weighted by Crippen LogP contribution is -2.25. The fraction of sp³-hybridized carbons (Fsp3) is 0.500. The summed E-state index contributed by atoms with van der Waals surface area (Å²) in [5, 5.41) is 0.617. The van der Waals surface area contributed by atoms with Gasteiger partial charge in [-0.3, -0.25) is 4.57 Å². The molecule has 0 amide bonds. The van der Waals surface area contributed by atoms with E-state index in [0.29, 0.717) is 15.8 Å². The van der Waals surface area contributed by atoms with Gasteiger partial charge in [0.05, 0.1) is 16.6 Å². The van der Waals surface area contributed by atoms with Crippen molar-refractivity contribution in [2.75, 3.05) is 6.61 Å². The van der Waals surface area contributed by atoms with Gasteiger partial charge in [-0.15, -0.1) is 0 Å². The van der Waals surface area contributed by atoms with E-state index in [1.165, 1.54) is 0 Å². The number of hydrogen-bond donors (Lipinski definition) is 1. The van der Waals surface area contributed by atoms with Crippen LogP contribution in [0, 0.1) is 4.77 Å². The number of pyridine rings is 1. The Bertz CT molecular complexity index is 636. The SMILES string of the molecule is CC1CC(n2c(=S)[nH]c3cc(Cl)cnc32)CCO1. The number of halogens is 1. The maximum Gasteiger partial charge on any atom is 0.179 e. The molecule has 0 spiro atoms. The Morgan fingerprint density at radius 2 is 2.44 bits per heavy atom. The van der Waals surface area contributed by atoms with E-state index in [2.05, 4.69) is 21.5 Å². The topological polar surface area (TPSA) is 42.8 Å². The van der Waals surface area contributed by atoms with Gasteiger partial charge in [-0.1, -0.05) is 11.6 Å². The average Bonchev–Trinajstić information content (AvgIpc) is 2.64. The van der Waals surface area contributed by atoms with Crippen molar-refractivity contribution in [1.82, 2.24) is 14.5 Å². The second-order valence-corrected chi connectivity index (χ2v) is 5.51. The van der Waals surface area contributed by atoms with Gasteiger partial charge in [0.15, 0.2) is 10.4 Å². The van der Waals surface area contributed by atoms with E-state index >= 15 is 0 Å². The second kappa shape index (κ2) is 4.64. The number of imidazole rings is 1. The molecule has 96 valence electrons. The maximum atomic E-state index is 5.94. The van der Waals surface area contributed by atoms with Gasteiger partial charge in [-0.2, -0.15) is 0 Å². The highest BCUT2D eigenvalue weighted by molar-refractivity contribution is 7.71. The summed E-state index contributed by atoms with van der Waals surface area (Å²) in [4.78, 5) is 7.56. The fourth-order valence-electron chi connectivity index (χ4n) is 2.54. The summed E-state index contributed by atoms with van der Waals surface area (Å²) in [6.07, 6.45) is 3.86. The van der Waals surface area contributed by atoms with Crippen LogP contribution in [0.1, 0.15) is 25.8 Å². The number of aromatic amines is 1. The van der Waals surface area contributed by atoms with Gasteiger partial charge in [0.2, 0.25) is 0 Å². The molecular weight excluding hydrogens is 270 g/mol. The summed E-state index contributed by atoms with van der Waals surface area (Å²) in [7, 11) is 0. The van der Waals surface area contributed by atoms with Crippen LogP contribution in [0.4, 0.5) is 0 Å². The molecule has 1 fully saturated rings. The number of fused-ring (bicyclic) bond motifs is 1.